The van der Waals surface area contributed by atoms with Crippen LogP contribution in [0.2, 0.25) is 23.7 Å². The van der Waals surface area contributed by atoms with E-state index in [-0.39, 0.29) is 16.4 Å². The molecular formula is C13H27FOSi. The molecular weight excluding hydrogens is 219 g/mol. The van der Waals surface area contributed by atoms with Crippen LogP contribution in [0.25, 0.3) is 0 Å². The number of alkyl halides is 1. The Kier molecular flexibility index (Phi) is 5.37. The maximum absolute atomic E-state index is 13.6. The molecule has 0 aliphatic heterocycles. The van der Waals surface area contributed by atoms with E-state index in [2.05, 4.69) is 33.9 Å². The van der Waals surface area contributed by atoms with Crippen molar-refractivity contribution in [1.29, 1.82) is 0 Å². The van der Waals surface area contributed by atoms with Crippen LogP contribution >= 0.6 is 0 Å². The molecule has 0 aromatic carbocycles. The maximum atomic E-state index is 13.6. The fourth-order valence-electron chi connectivity index (χ4n) is 2.01. The molecule has 0 aliphatic carbocycles. The van der Waals surface area contributed by atoms with Crippen molar-refractivity contribution in [2.24, 2.45) is 0 Å². The number of rotatable bonds is 5. The number of carbonyl (C=O) groups excluding carboxylic acids is 1. The van der Waals surface area contributed by atoms with E-state index in [1.165, 1.54) is 0 Å². The van der Waals surface area contributed by atoms with Crippen molar-refractivity contribution in [3.63, 3.8) is 0 Å². The Morgan fingerprint density at radius 3 is 1.88 bits per heavy atom. The van der Waals surface area contributed by atoms with Crippen molar-refractivity contribution < 1.29 is 9.18 Å². The quantitative estimate of drug-likeness (QED) is 0.648. The Morgan fingerprint density at radius 2 is 1.62 bits per heavy atom. The molecule has 0 aliphatic rings. The number of hydrogen-bond acceptors (Lipinski definition) is 1. The molecule has 0 heterocycles. The van der Waals surface area contributed by atoms with Gasteiger partial charge < -0.3 is 0 Å². The third kappa shape index (κ3) is 3.16. The van der Waals surface area contributed by atoms with E-state index in [0.29, 0.717) is 6.42 Å². The van der Waals surface area contributed by atoms with Gasteiger partial charge in [-0.05, 0) is 17.9 Å². The molecule has 96 valence electrons. The van der Waals surface area contributed by atoms with Crippen LogP contribution in [0.3, 0.4) is 0 Å². The van der Waals surface area contributed by atoms with Gasteiger partial charge >= 0.3 is 0 Å². The second-order valence-corrected chi connectivity index (χ2v) is 11.9. The van der Waals surface area contributed by atoms with Crippen LogP contribution in [-0.2, 0) is 4.79 Å². The van der Waals surface area contributed by atoms with Gasteiger partial charge in [-0.3, -0.25) is 4.79 Å². The van der Waals surface area contributed by atoms with E-state index in [1.54, 1.807) is 6.92 Å². The average molecular weight is 246 g/mol. The largest absolute Gasteiger partial charge is 0.296 e. The first-order valence-corrected chi connectivity index (χ1v) is 9.35. The highest BCUT2D eigenvalue weighted by Gasteiger charge is 2.45. The molecule has 0 bridgehead atoms. The highest BCUT2D eigenvalue weighted by Crippen LogP contribution is 2.45. The second kappa shape index (κ2) is 5.43. The summed E-state index contributed by atoms with van der Waals surface area (Å²) in [5.41, 5.74) is -0.0533. The predicted molar refractivity (Wildman–Crippen MR) is 71.4 cm³/mol. The molecule has 0 N–H and O–H groups in total. The summed E-state index contributed by atoms with van der Waals surface area (Å²) < 4.78 is 13.6. The van der Waals surface area contributed by atoms with E-state index in [9.17, 15) is 9.18 Å². The minimum absolute atomic E-state index is 0.0533. The van der Waals surface area contributed by atoms with E-state index in [4.69, 9.17) is 0 Å². The molecule has 0 unspecified atom stereocenters. The molecule has 3 heteroatoms. The van der Waals surface area contributed by atoms with Gasteiger partial charge in [0.1, 0.15) is 0 Å². The summed E-state index contributed by atoms with van der Waals surface area (Å²) in [6.07, 6.45) is -0.182. The summed E-state index contributed by atoms with van der Waals surface area (Å²) in [4.78, 5) is 12.1. The third-order valence-corrected chi connectivity index (χ3v) is 10.5. The lowest BCUT2D eigenvalue weighted by atomic mass is 10.1. The Hall–Kier alpha value is -0.183. The van der Waals surface area contributed by atoms with Crippen molar-refractivity contribution in [1.82, 2.24) is 0 Å². The van der Waals surface area contributed by atoms with Gasteiger partial charge in [0.05, 0.1) is 8.07 Å². The molecule has 0 radical (unpaired) electrons. The first-order chi connectivity index (χ1) is 7.09. The van der Waals surface area contributed by atoms with Gasteiger partial charge in [-0.25, -0.2) is 4.39 Å². The molecule has 0 spiro atoms. The summed E-state index contributed by atoms with van der Waals surface area (Å²) >= 11 is 0. The van der Waals surface area contributed by atoms with Gasteiger partial charge in [-0.2, -0.15) is 0 Å². The van der Waals surface area contributed by atoms with Crippen LogP contribution < -0.4 is 0 Å². The zero-order chi connectivity index (χ0) is 13.1. The molecule has 1 nitrogen and oxygen atoms in total. The lowest BCUT2D eigenvalue weighted by Gasteiger charge is -2.42. The van der Waals surface area contributed by atoms with Gasteiger partial charge in [-0.1, -0.05) is 47.7 Å². The number of ketones is 1. The summed E-state index contributed by atoms with van der Waals surface area (Å²) in [6.45, 7) is 14.7. The van der Waals surface area contributed by atoms with Gasteiger partial charge in [0, 0.05) is 5.54 Å². The minimum atomic E-state index is -1.77. The van der Waals surface area contributed by atoms with E-state index in [1.807, 2.05) is 6.92 Å². The average Bonchev–Trinajstić information content (AvgIpc) is 2.15. The van der Waals surface area contributed by atoms with Crippen molar-refractivity contribution in [3.8, 4) is 0 Å². The van der Waals surface area contributed by atoms with Gasteiger partial charge in [0.2, 0.25) is 0 Å². The number of carbonyl (C=O) groups is 1. The van der Waals surface area contributed by atoms with Crippen molar-refractivity contribution >= 4 is 13.9 Å². The number of halogens is 1. The zero-order valence-electron chi connectivity index (χ0n) is 11.9. The van der Waals surface area contributed by atoms with Crippen LogP contribution in [0.4, 0.5) is 4.39 Å². The van der Waals surface area contributed by atoms with Crippen molar-refractivity contribution in [2.45, 2.75) is 77.3 Å². The second-order valence-electron chi connectivity index (χ2n) is 6.21. The Morgan fingerprint density at radius 1 is 1.19 bits per heavy atom. The third-order valence-electron chi connectivity index (χ3n) is 4.22. The Balaban J connectivity index is 5.07. The summed E-state index contributed by atoms with van der Waals surface area (Å²) in [6, 6.07) is 0. The van der Waals surface area contributed by atoms with E-state index < -0.39 is 14.2 Å². The van der Waals surface area contributed by atoms with Gasteiger partial charge in [0.25, 0.3) is 0 Å². The van der Waals surface area contributed by atoms with Crippen LogP contribution in [-0.4, -0.2) is 20.0 Å². The molecule has 0 saturated carbocycles. The first-order valence-electron chi connectivity index (χ1n) is 6.27. The topological polar surface area (TPSA) is 17.1 Å². The van der Waals surface area contributed by atoms with Gasteiger partial charge in [-0.15, -0.1) is 0 Å². The molecule has 0 saturated heterocycles. The van der Waals surface area contributed by atoms with Crippen LogP contribution in [0.15, 0.2) is 0 Å². The molecule has 0 rings (SSSR count). The van der Waals surface area contributed by atoms with E-state index in [0.717, 1.165) is 6.42 Å². The number of Topliss-reactive ketones (excluding diaryl/α,β-unsaturated/α-hetero) is 1. The molecule has 0 aromatic heterocycles. The van der Waals surface area contributed by atoms with Crippen molar-refractivity contribution in [3.05, 3.63) is 0 Å². The summed E-state index contributed by atoms with van der Waals surface area (Å²) in [5, 5.41) is 0.136. The molecule has 2 atom stereocenters. The molecule has 0 aromatic rings. The smallest absolute Gasteiger partial charge is 0.167 e. The molecule has 16 heavy (non-hydrogen) atoms. The first kappa shape index (κ1) is 15.8. The highest BCUT2D eigenvalue weighted by atomic mass is 28.3. The van der Waals surface area contributed by atoms with Gasteiger partial charge in [0.15, 0.2) is 12.0 Å². The fourth-order valence-corrected chi connectivity index (χ4v) is 4.97. The normalized spacial score (nSPS) is 17.0. The van der Waals surface area contributed by atoms with Crippen molar-refractivity contribution in [2.75, 3.05) is 0 Å². The number of hydrogen-bond donors (Lipinski definition) is 0. The van der Waals surface area contributed by atoms with E-state index >= 15 is 0 Å². The Labute approximate surface area is 101 Å². The molecule has 0 amide bonds. The monoisotopic (exact) mass is 246 g/mol. The predicted octanol–water partition coefficient (Wildman–Crippen LogP) is 4.59. The lowest BCUT2D eigenvalue weighted by molar-refractivity contribution is -0.124. The summed E-state index contributed by atoms with van der Waals surface area (Å²) in [5.74, 6) is -0.156. The fraction of sp³-hybridized carbons (Fsp3) is 0.923. The Bertz CT molecular complexity index is 243. The minimum Gasteiger partial charge on any atom is -0.296 e. The summed E-state index contributed by atoms with van der Waals surface area (Å²) in [7, 11) is -1.77. The van der Waals surface area contributed by atoms with Crippen LogP contribution in [0.1, 0.15) is 47.5 Å². The zero-order valence-corrected chi connectivity index (χ0v) is 12.9. The SMILES string of the molecule is CC[C@@H](F)C(=O)[C@@H](CC)[Si](C)(C)C(C)(C)C. The standard InChI is InChI=1S/C13H27FOSi/c1-8-10(14)12(15)11(9-2)16(6,7)13(3,4)5/h10-11H,8-9H2,1-7H3/t10-,11-/m1/s1. The van der Waals surface area contributed by atoms with Crippen LogP contribution in [0.5, 0.6) is 0 Å². The maximum Gasteiger partial charge on any atom is 0.167 e. The highest BCUT2D eigenvalue weighted by molar-refractivity contribution is 6.84. The molecule has 0 fully saturated rings. The van der Waals surface area contributed by atoms with Crippen LogP contribution in [0, 0.1) is 0 Å². The lowest BCUT2D eigenvalue weighted by Crippen LogP contribution is -2.46.